The number of nitrogens with zero attached hydrogens (tertiary/aromatic N) is 2. The van der Waals surface area contributed by atoms with Crippen molar-refractivity contribution in [1.82, 2.24) is 9.55 Å². The lowest BCUT2D eigenvalue weighted by atomic mass is 10.0. The Kier molecular flexibility index (Phi) is 1.32. The molecule has 2 heterocycles. The summed E-state index contributed by atoms with van der Waals surface area (Å²) in [5, 5.41) is 9.07. The molecule has 1 aromatic rings. The molecule has 2 aliphatic rings. The highest BCUT2D eigenvalue weighted by Crippen LogP contribution is 2.59. The van der Waals surface area contributed by atoms with Gasteiger partial charge in [0, 0.05) is 12.3 Å². The number of hydrogen-bond donors (Lipinski definition) is 1. The van der Waals surface area contributed by atoms with Gasteiger partial charge >= 0.3 is 5.97 Å². The lowest BCUT2D eigenvalue weighted by molar-refractivity contribution is -0.141. The second-order valence-corrected chi connectivity index (χ2v) is 3.91. The predicted octanol–water partition coefficient (Wildman–Crippen LogP) is 0.286. The van der Waals surface area contributed by atoms with E-state index in [1.165, 1.54) is 16.8 Å². The van der Waals surface area contributed by atoms with E-state index in [1.807, 2.05) is 0 Å². The van der Waals surface area contributed by atoms with Gasteiger partial charge in [0.2, 0.25) is 0 Å². The van der Waals surface area contributed by atoms with Crippen molar-refractivity contribution in [2.24, 2.45) is 5.41 Å². The van der Waals surface area contributed by atoms with Crippen molar-refractivity contribution < 1.29 is 9.90 Å². The van der Waals surface area contributed by atoms with Crippen LogP contribution in [0.5, 0.6) is 0 Å². The highest BCUT2D eigenvalue weighted by atomic mass is 16.4. The Morgan fingerprint density at radius 3 is 3.20 bits per heavy atom. The smallest absolute Gasteiger partial charge is 0.315 e. The lowest BCUT2D eigenvalue weighted by Gasteiger charge is -2.16. The molecule has 0 bridgehead atoms. The Labute approximate surface area is 84.7 Å². The average Bonchev–Trinajstić information content (AvgIpc) is 2.93. The first-order valence-electron chi connectivity index (χ1n) is 4.65. The first kappa shape index (κ1) is 8.40. The number of fused-ring (bicyclic) bond motifs is 3. The standard InChI is InChI=1S/C10H8N2O3/c13-8-2-4-11-7-1-3-10(9(14)15)5-6(10)12(7)8/h1-4,6H,5H2,(H,14,15). The molecule has 0 radical (unpaired) electrons. The van der Waals surface area contributed by atoms with Gasteiger partial charge in [0.15, 0.2) is 0 Å². The van der Waals surface area contributed by atoms with Crippen LogP contribution in [0.1, 0.15) is 18.3 Å². The van der Waals surface area contributed by atoms with Crippen molar-refractivity contribution in [3.05, 3.63) is 34.5 Å². The molecule has 1 saturated carbocycles. The van der Waals surface area contributed by atoms with E-state index in [-0.39, 0.29) is 11.6 Å². The van der Waals surface area contributed by atoms with Gasteiger partial charge < -0.3 is 5.11 Å². The van der Waals surface area contributed by atoms with Crippen LogP contribution in [0.4, 0.5) is 0 Å². The number of rotatable bonds is 1. The van der Waals surface area contributed by atoms with Crippen molar-refractivity contribution >= 4 is 12.0 Å². The van der Waals surface area contributed by atoms with Gasteiger partial charge in [-0.1, -0.05) is 6.08 Å². The van der Waals surface area contributed by atoms with Gasteiger partial charge in [-0.25, -0.2) is 4.98 Å². The molecule has 2 unspecified atom stereocenters. The maximum Gasteiger partial charge on any atom is 0.315 e. The number of carbonyl (C=O) groups is 1. The fourth-order valence-corrected chi connectivity index (χ4v) is 2.16. The minimum atomic E-state index is -0.870. The summed E-state index contributed by atoms with van der Waals surface area (Å²) in [6.45, 7) is 0. The normalized spacial score (nSPS) is 30.5. The van der Waals surface area contributed by atoms with Crippen molar-refractivity contribution in [3.63, 3.8) is 0 Å². The van der Waals surface area contributed by atoms with Crippen LogP contribution in [0.25, 0.3) is 6.08 Å². The monoisotopic (exact) mass is 204 g/mol. The van der Waals surface area contributed by atoms with Crippen molar-refractivity contribution in [2.45, 2.75) is 12.5 Å². The minimum Gasteiger partial charge on any atom is -0.481 e. The maximum atomic E-state index is 11.6. The van der Waals surface area contributed by atoms with Crippen LogP contribution in [0.2, 0.25) is 0 Å². The highest BCUT2D eigenvalue weighted by molar-refractivity contribution is 5.84. The van der Waals surface area contributed by atoms with E-state index in [1.54, 1.807) is 12.2 Å². The molecule has 1 aromatic heterocycles. The summed E-state index contributed by atoms with van der Waals surface area (Å²) in [7, 11) is 0. The minimum absolute atomic E-state index is 0.183. The number of aliphatic carboxylic acids is 1. The molecule has 1 N–H and O–H groups in total. The molecule has 76 valence electrons. The zero-order chi connectivity index (χ0) is 10.6. The van der Waals surface area contributed by atoms with E-state index in [4.69, 9.17) is 5.11 Å². The van der Waals surface area contributed by atoms with E-state index in [9.17, 15) is 9.59 Å². The van der Waals surface area contributed by atoms with Gasteiger partial charge in [-0.15, -0.1) is 0 Å². The molecule has 2 atom stereocenters. The van der Waals surface area contributed by atoms with Crippen LogP contribution in [-0.2, 0) is 4.79 Å². The molecule has 1 aliphatic heterocycles. The van der Waals surface area contributed by atoms with Crippen molar-refractivity contribution in [1.29, 1.82) is 0 Å². The zero-order valence-electron chi connectivity index (χ0n) is 7.75. The molecular weight excluding hydrogens is 196 g/mol. The average molecular weight is 204 g/mol. The number of carboxylic acid groups (broad SMARTS) is 1. The third kappa shape index (κ3) is 0.895. The van der Waals surface area contributed by atoms with Crippen LogP contribution in [-0.4, -0.2) is 20.6 Å². The van der Waals surface area contributed by atoms with E-state index in [0.29, 0.717) is 12.2 Å². The molecule has 5 nitrogen and oxygen atoms in total. The van der Waals surface area contributed by atoms with Crippen LogP contribution in [0.3, 0.4) is 0 Å². The molecule has 0 aromatic carbocycles. The number of carboxylic acids is 1. The van der Waals surface area contributed by atoms with Gasteiger partial charge in [0.05, 0.1) is 6.04 Å². The molecule has 1 fully saturated rings. The molecule has 0 amide bonds. The van der Waals surface area contributed by atoms with Gasteiger partial charge in [0.25, 0.3) is 5.56 Å². The van der Waals surface area contributed by atoms with E-state index in [2.05, 4.69) is 4.98 Å². The van der Waals surface area contributed by atoms with Crippen molar-refractivity contribution in [3.8, 4) is 0 Å². The van der Waals surface area contributed by atoms with Crippen LogP contribution in [0.15, 0.2) is 23.1 Å². The summed E-state index contributed by atoms with van der Waals surface area (Å²) in [5.41, 5.74) is -1.04. The first-order chi connectivity index (χ1) is 7.15. The Bertz CT molecular complexity index is 546. The Morgan fingerprint density at radius 2 is 2.47 bits per heavy atom. The first-order valence-corrected chi connectivity index (χ1v) is 4.65. The molecule has 15 heavy (non-hydrogen) atoms. The second kappa shape index (κ2) is 2.36. The third-order valence-corrected chi connectivity index (χ3v) is 3.11. The number of aromatic nitrogens is 2. The topological polar surface area (TPSA) is 72.2 Å². The van der Waals surface area contributed by atoms with Gasteiger partial charge in [-0.3, -0.25) is 14.2 Å². The van der Waals surface area contributed by atoms with Gasteiger partial charge in [-0.2, -0.15) is 0 Å². The summed E-state index contributed by atoms with van der Waals surface area (Å²) in [6, 6.07) is 1.10. The molecule has 1 aliphatic carbocycles. The van der Waals surface area contributed by atoms with E-state index < -0.39 is 11.4 Å². The third-order valence-electron chi connectivity index (χ3n) is 3.11. The Balaban J connectivity index is 2.22. The molecule has 3 rings (SSSR count). The fourth-order valence-electron chi connectivity index (χ4n) is 2.16. The maximum absolute atomic E-state index is 11.6. The summed E-state index contributed by atoms with van der Waals surface area (Å²) >= 11 is 0. The second-order valence-electron chi connectivity index (χ2n) is 3.91. The molecule has 0 spiro atoms. The van der Waals surface area contributed by atoms with E-state index in [0.717, 1.165) is 0 Å². The van der Waals surface area contributed by atoms with Gasteiger partial charge in [0.1, 0.15) is 11.2 Å². The van der Waals surface area contributed by atoms with E-state index >= 15 is 0 Å². The zero-order valence-corrected chi connectivity index (χ0v) is 7.75. The highest BCUT2D eigenvalue weighted by Gasteiger charge is 2.62. The summed E-state index contributed by atoms with van der Waals surface area (Å²) in [6.07, 6.45) is 5.17. The summed E-state index contributed by atoms with van der Waals surface area (Å²) < 4.78 is 1.47. The van der Waals surface area contributed by atoms with Crippen LogP contribution >= 0.6 is 0 Å². The quantitative estimate of drug-likeness (QED) is 0.713. The van der Waals surface area contributed by atoms with Crippen LogP contribution in [0, 0.1) is 5.41 Å². The summed E-state index contributed by atoms with van der Waals surface area (Å²) in [4.78, 5) is 26.6. The Morgan fingerprint density at radius 1 is 1.67 bits per heavy atom. The molecular formula is C10H8N2O3. The molecule has 0 saturated heterocycles. The largest absolute Gasteiger partial charge is 0.481 e. The van der Waals surface area contributed by atoms with Crippen molar-refractivity contribution in [2.75, 3.05) is 0 Å². The SMILES string of the molecule is O=C(O)C12C=Cc3nccc(=O)n3C1C2. The molecule has 5 heteroatoms. The predicted molar refractivity (Wildman–Crippen MR) is 51.3 cm³/mol. The van der Waals surface area contributed by atoms with Gasteiger partial charge in [-0.05, 0) is 12.5 Å². The fraction of sp³-hybridized carbons (Fsp3) is 0.300. The Hall–Kier alpha value is -1.91. The lowest BCUT2D eigenvalue weighted by Crippen LogP contribution is -2.28. The summed E-state index contributed by atoms with van der Waals surface area (Å²) in [5.74, 6) is -0.327. The number of hydrogen-bond acceptors (Lipinski definition) is 3. The van der Waals surface area contributed by atoms with Crippen LogP contribution < -0.4 is 5.56 Å².